The molecule has 0 bridgehead atoms. The fourth-order valence-electron chi connectivity index (χ4n) is 6.42. The van der Waals surface area contributed by atoms with Gasteiger partial charge in [-0.15, -0.1) is 0 Å². The molecule has 0 saturated carbocycles. The van der Waals surface area contributed by atoms with Gasteiger partial charge in [-0.1, -0.05) is 62.2 Å². The molecule has 0 radical (unpaired) electrons. The van der Waals surface area contributed by atoms with Crippen LogP contribution < -0.4 is 25.6 Å². The summed E-state index contributed by atoms with van der Waals surface area (Å²) in [6.45, 7) is 6.20. The summed E-state index contributed by atoms with van der Waals surface area (Å²) in [6.07, 6.45) is 0.520. The molecule has 0 aromatic heterocycles. The Bertz CT molecular complexity index is 1560. The van der Waals surface area contributed by atoms with E-state index in [0.717, 1.165) is 5.69 Å². The van der Waals surface area contributed by atoms with Crippen molar-refractivity contribution in [3.8, 4) is 5.75 Å². The van der Waals surface area contributed by atoms with Crippen LogP contribution in [0.25, 0.3) is 0 Å². The molecule has 3 N–H and O–H groups in total. The van der Waals surface area contributed by atoms with Gasteiger partial charge in [0.05, 0.1) is 23.9 Å². The van der Waals surface area contributed by atoms with Crippen LogP contribution >= 0.6 is 23.2 Å². The van der Waals surface area contributed by atoms with Crippen molar-refractivity contribution in [2.45, 2.75) is 50.6 Å². The summed E-state index contributed by atoms with van der Waals surface area (Å²) in [7, 11) is 5.35. The van der Waals surface area contributed by atoms with E-state index < -0.39 is 35.1 Å². The second kappa shape index (κ2) is 11.1. The van der Waals surface area contributed by atoms with E-state index in [9.17, 15) is 9.59 Å². The molecule has 42 heavy (non-hydrogen) atoms. The van der Waals surface area contributed by atoms with Gasteiger partial charge in [-0.2, -0.15) is 0 Å². The van der Waals surface area contributed by atoms with Crippen molar-refractivity contribution in [3.05, 3.63) is 81.6 Å². The topological polar surface area (TPSA) is 82.7 Å². The molecule has 7 nitrogen and oxygen atoms in total. The maximum Gasteiger partial charge on any atom is 0.242 e. The Labute approximate surface area is 255 Å². The minimum Gasteiger partial charge on any atom is -0.494 e. The molecule has 4 atom stereocenters. The third kappa shape index (κ3) is 5.10. The molecule has 2 aliphatic rings. The van der Waals surface area contributed by atoms with Crippen LogP contribution in [0.5, 0.6) is 5.75 Å². The fraction of sp³-hybridized carbons (Fsp3) is 0.375. The largest absolute Gasteiger partial charge is 0.494 e. The van der Waals surface area contributed by atoms with E-state index in [0.29, 0.717) is 34.1 Å². The highest BCUT2D eigenvalue weighted by Crippen LogP contribution is 2.57. The molecule has 3 aromatic carbocycles. The molecule has 1 spiro atoms. The highest BCUT2D eigenvalue weighted by Gasteiger charge is 2.66. The fourth-order valence-corrected chi connectivity index (χ4v) is 6.78. The number of amides is 2. The van der Waals surface area contributed by atoms with E-state index in [-0.39, 0.29) is 21.9 Å². The second-order valence-electron chi connectivity index (χ2n) is 12.4. The van der Waals surface area contributed by atoms with Crippen molar-refractivity contribution in [1.82, 2.24) is 5.32 Å². The van der Waals surface area contributed by atoms with Crippen LogP contribution in [0.3, 0.4) is 0 Å². The van der Waals surface area contributed by atoms with E-state index in [2.05, 4.69) is 36.7 Å². The number of carbonyl (C=O) groups is 2. The summed E-state index contributed by atoms with van der Waals surface area (Å²) < 4.78 is 21.5. The predicted molar refractivity (Wildman–Crippen MR) is 167 cm³/mol. The van der Waals surface area contributed by atoms with Gasteiger partial charge in [0.25, 0.3) is 0 Å². The molecule has 5 rings (SSSR count). The number of rotatable bonds is 6. The minimum absolute atomic E-state index is 0.0863. The number of benzene rings is 3. The van der Waals surface area contributed by atoms with Crippen LogP contribution in [0.2, 0.25) is 10.0 Å². The van der Waals surface area contributed by atoms with E-state index >= 15 is 4.39 Å². The van der Waals surface area contributed by atoms with Gasteiger partial charge in [-0.25, -0.2) is 4.39 Å². The first-order valence-electron chi connectivity index (χ1n) is 13.8. The minimum atomic E-state index is -1.33. The number of carbonyl (C=O) groups excluding carboxylic acids is 2. The van der Waals surface area contributed by atoms with Gasteiger partial charge in [0.1, 0.15) is 17.0 Å². The highest BCUT2D eigenvalue weighted by atomic mass is 35.5. The number of anilines is 3. The Morgan fingerprint density at radius 1 is 1.12 bits per heavy atom. The molecule has 2 heterocycles. The molecular weight excluding hydrogens is 578 g/mol. The number of nitrogens with zero attached hydrogens (tertiary/aromatic N) is 1. The van der Waals surface area contributed by atoms with Crippen molar-refractivity contribution in [1.29, 1.82) is 0 Å². The Morgan fingerprint density at radius 2 is 1.86 bits per heavy atom. The van der Waals surface area contributed by atoms with Crippen molar-refractivity contribution in [3.63, 3.8) is 0 Å². The highest BCUT2D eigenvalue weighted by molar-refractivity contribution is 6.31. The molecule has 222 valence electrons. The van der Waals surface area contributed by atoms with Crippen LogP contribution in [0.4, 0.5) is 21.5 Å². The number of methoxy groups -OCH3 is 1. The van der Waals surface area contributed by atoms with Gasteiger partial charge in [-0.05, 0) is 53.3 Å². The second-order valence-corrected chi connectivity index (χ2v) is 13.2. The molecule has 3 aromatic rings. The van der Waals surface area contributed by atoms with Crippen molar-refractivity contribution < 1.29 is 18.7 Å². The lowest BCUT2D eigenvalue weighted by Crippen LogP contribution is -2.49. The summed E-state index contributed by atoms with van der Waals surface area (Å²) in [5.74, 6) is -1.89. The van der Waals surface area contributed by atoms with Gasteiger partial charge < -0.3 is 25.6 Å². The zero-order valence-electron chi connectivity index (χ0n) is 24.4. The normalized spacial score (nSPS) is 23.1. The first kappa shape index (κ1) is 30.1. The summed E-state index contributed by atoms with van der Waals surface area (Å²) in [4.78, 5) is 30.4. The first-order valence-corrected chi connectivity index (χ1v) is 14.5. The average Bonchev–Trinajstić information content (AvgIpc) is 3.39. The Kier molecular flexibility index (Phi) is 7.94. The molecule has 2 amide bonds. The molecule has 10 heteroatoms. The maximum absolute atomic E-state index is 16.0. The van der Waals surface area contributed by atoms with Crippen molar-refractivity contribution in [2.24, 2.45) is 5.41 Å². The summed E-state index contributed by atoms with van der Waals surface area (Å²) in [6, 6.07) is 13.8. The van der Waals surface area contributed by atoms with Crippen LogP contribution in [0.1, 0.15) is 44.2 Å². The molecule has 1 saturated heterocycles. The monoisotopic (exact) mass is 612 g/mol. The SMILES string of the molecule is COc1cc(N(C)C)ccc1NC(=O)[C@@H]1N[C@@H](CC(C)(C)C)[C@@]2(C(=O)Nc3cc(Cl)ccc32)C1c1cccc(Cl)c1F. The molecule has 2 aliphatic heterocycles. The molecule has 1 fully saturated rings. The molecular formula is C32H35Cl2FN4O3. The predicted octanol–water partition coefficient (Wildman–Crippen LogP) is 6.60. The van der Waals surface area contributed by atoms with Gasteiger partial charge in [0.15, 0.2) is 0 Å². The zero-order chi connectivity index (χ0) is 30.6. The number of nitrogens with one attached hydrogen (secondary N) is 3. The first-order chi connectivity index (χ1) is 19.8. The van der Waals surface area contributed by atoms with Gasteiger partial charge in [-0.3, -0.25) is 9.59 Å². The van der Waals surface area contributed by atoms with E-state index in [1.807, 2.05) is 31.1 Å². The number of halogens is 3. The maximum atomic E-state index is 16.0. The number of hydrogen-bond donors (Lipinski definition) is 3. The molecule has 0 aliphatic carbocycles. The summed E-state index contributed by atoms with van der Waals surface area (Å²) in [5, 5.41) is 9.83. The smallest absolute Gasteiger partial charge is 0.242 e. The number of hydrogen-bond acceptors (Lipinski definition) is 5. The van der Waals surface area contributed by atoms with Crippen molar-refractivity contribution in [2.75, 3.05) is 36.7 Å². The quantitative estimate of drug-likeness (QED) is 0.292. The third-order valence-electron chi connectivity index (χ3n) is 8.18. The zero-order valence-corrected chi connectivity index (χ0v) is 26.0. The van der Waals surface area contributed by atoms with E-state index in [1.165, 1.54) is 13.2 Å². The lowest BCUT2D eigenvalue weighted by atomic mass is 9.62. The standard InChI is InChI=1S/C32H35Cl2FN4O3/c1-31(2,3)16-25-32(20-12-10-17(33)14-23(20)37-30(32)41)26(19-8-7-9-21(34)27(19)35)28(38-25)29(40)36-22-13-11-18(39(4)5)15-24(22)42-6/h7-15,25-26,28,38H,16H2,1-6H3,(H,36,40)(H,37,41)/t25-,26?,28+,32+/m0/s1. The lowest BCUT2D eigenvalue weighted by Gasteiger charge is -2.37. The number of fused-ring (bicyclic) bond motifs is 2. The van der Waals surface area contributed by atoms with Gasteiger partial charge in [0, 0.05) is 48.5 Å². The summed E-state index contributed by atoms with van der Waals surface area (Å²) >= 11 is 12.6. The van der Waals surface area contributed by atoms with Crippen LogP contribution in [0.15, 0.2) is 54.6 Å². The van der Waals surface area contributed by atoms with E-state index in [4.69, 9.17) is 27.9 Å². The van der Waals surface area contributed by atoms with Crippen LogP contribution in [0, 0.1) is 11.2 Å². The average molecular weight is 614 g/mol. The Balaban J connectivity index is 1.70. The van der Waals surface area contributed by atoms with Crippen molar-refractivity contribution >= 4 is 52.1 Å². The lowest BCUT2D eigenvalue weighted by molar-refractivity contribution is -0.122. The van der Waals surface area contributed by atoms with Crippen LogP contribution in [-0.4, -0.2) is 45.1 Å². The molecule has 1 unspecified atom stereocenters. The Morgan fingerprint density at radius 3 is 2.52 bits per heavy atom. The number of ether oxygens (including phenoxy) is 1. The third-order valence-corrected chi connectivity index (χ3v) is 8.71. The van der Waals surface area contributed by atoms with Crippen LogP contribution in [-0.2, 0) is 15.0 Å². The van der Waals surface area contributed by atoms with E-state index in [1.54, 1.807) is 36.4 Å². The Hall–Kier alpha value is -3.33. The van der Waals surface area contributed by atoms with Gasteiger partial charge >= 0.3 is 0 Å². The van der Waals surface area contributed by atoms with Gasteiger partial charge in [0.2, 0.25) is 11.8 Å². The summed E-state index contributed by atoms with van der Waals surface area (Å²) in [5.41, 5.74) is 1.16.